The van der Waals surface area contributed by atoms with Crippen molar-refractivity contribution >= 4 is 23.6 Å². The fourth-order valence-corrected chi connectivity index (χ4v) is 2.44. The van der Waals surface area contributed by atoms with Crippen LogP contribution in [0.4, 0.5) is 14.5 Å². The van der Waals surface area contributed by atoms with Crippen LogP contribution in [0, 0.1) is 0 Å². The van der Waals surface area contributed by atoms with E-state index in [1.54, 1.807) is 24.3 Å². The predicted octanol–water partition coefficient (Wildman–Crippen LogP) is 3.22. The molecular weight excluding hydrogens is 370 g/mol. The van der Waals surface area contributed by atoms with Crippen LogP contribution in [0.2, 0.25) is 0 Å². The van der Waals surface area contributed by atoms with E-state index in [2.05, 4.69) is 4.74 Å². The highest BCUT2D eigenvalue weighted by Crippen LogP contribution is 2.30. The van der Waals surface area contributed by atoms with Crippen LogP contribution in [0.1, 0.15) is 12.0 Å². The smallest absolute Gasteiger partial charge is 0.387 e. The second kappa shape index (κ2) is 10.1. The highest BCUT2D eigenvalue weighted by Gasteiger charge is 2.14. The van der Waals surface area contributed by atoms with Crippen LogP contribution >= 0.6 is 0 Å². The van der Waals surface area contributed by atoms with Crippen LogP contribution in [0.25, 0.3) is 6.08 Å². The van der Waals surface area contributed by atoms with Gasteiger partial charge in [0.15, 0.2) is 11.5 Å². The van der Waals surface area contributed by atoms with Crippen molar-refractivity contribution in [2.45, 2.75) is 13.0 Å². The Morgan fingerprint density at radius 3 is 2.46 bits per heavy atom. The molecule has 8 heteroatoms. The maximum absolute atomic E-state index is 12.6. The predicted molar refractivity (Wildman–Crippen MR) is 101 cm³/mol. The Kier molecular flexibility index (Phi) is 7.50. The molecule has 0 aliphatic rings. The molecule has 2 amide bonds. The molecule has 0 aromatic heterocycles. The molecule has 2 rings (SSSR count). The minimum atomic E-state index is -2.97. The van der Waals surface area contributed by atoms with Crippen molar-refractivity contribution in [1.82, 2.24) is 0 Å². The Morgan fingerprint density at radius 1 is 1.14 bits per heavy atom. The number of hydrogen-bond donors (Lipinski definition) is 1. The first-order valence-corrected chi connectivity index (χ1v) is 8.36. The van der Waals surface area contributed by atoms with E-state index in [0.29, 0.717) is 11.3 Å². The van der Waals surface area contributed by atoms with Crippen LogP contribution in [0.3, 0.4) is 0 Å². The molecule has 2 N–H and O–H groups in total. The van der Waals surface area contributed by atoms with E-state index in [4.69, 9.17) is 10.5 Å². The average Bonchev–Trinajstić information content (AvgIpc) is 2.67. The number of amides is 2. The molecule has 2 aromatic carbocycles. The van der Waals surface area contributed by atoms with E-state index in [1.807, 2.05) is 6.07 Å². The van der Waals surface area contributed by atoms with Crippen LogP contribution in [0.5, 0.6) is 11.5 Å². The van der Waals surface area contributed by atoms with E-state index in [-0.39, 0.29) is 30.4 Å². The molecule has 0 fully saturated rings. The number of hydrogen-bond acceptors (Lipinski definition) is 4. The number of primary amides is 1. The number of para-hydroxylation sites is 1. The van der Waals surface area contributed by atoms with Crippen molar-refractivity contribution in [3.05, 3.63) is 60.2 Å². The Balaban J connectivity index is 2.19. The third kappa shape index (κ3) is 6.08. The van der Waals surface area contributed by atoms with E-state index in [1.165, 1.54) is 42.4 Å². The van der Waals surface area contributed by atoms with Crippen molar-refractivity contribution in [2.75, 3.05) is 18.6 Å². The lowest BCUT2D eigenvalue weighted by atomic mass is 10.1. The van der Waals surface area contributed by atoms with Gasteiger partial charge in [-0.1, -0.05) is 24.3 Å². The summed E-state index contributed by atoms with van der Waals surface area (Å²) in [4.78, 5) is 25.2. The number of methoxy groups -OCH3 is 1. The molecule has 0 bridgehead atoms. The van der Waals surface area contributed by atoms with E-state index in [9.17, 15) is 18.4 Å². The number of carbonyl (C=O) groups is 2. The first-order valence-electron chi connectivity index (χ1n) is 8.36. The Labute approximate surface area is 161 Å². The summed E-state index contributed by atoms with van der Waals surface area (Å²) in [5, 5.41) is 0. The molecule has 28 heavy (non-hydrogen) atoms. The third-order valence-corrected chi connectivity index (χ3v) is 3.74. The highest BCUT2D eigenvalue weighted by molar-refractivity contribution is 6.04. The Morgan fingerprint density at radius 2 is 1.86 bits per heavy atom. The molecule has 0 saturated carbocycles. The summed E-state index contributed by atoms with van der Waals surface area (Å²) in [6.07, 6.45) is 2.84. The van der Waals surface area contributed by atoms with Gasteiger partial charge in [0.05, 0.1) is 7.11 Å². The van der Waals surface area contributed by atoms with Crippen molar-refractivity contribution in [3.63, 3.8) is 0 Å². The molecule has 0 spiro atoms. The highest BCUT2D eigenvalue weighted by atomic mass is 19.3. The van der Waals surface area contributed by atoms with Crippen LogP contribution in [-0.4, -0.2) is 32.1 Å². The second-order valence-corrected chi connectivity index (χ2v) is 5.66. The summed E-state index contributed by atoms with van der Waals surface area (Å²) < 4.78 is 34.2. The number of nitrogens with zero attached hydrogens (tertiary/aromatic N) is 1. The third-order valence-electron chi connectivity index (χ3n) is 3.74. The van der Waals surface area contributed by atoms with Gasteiger partial charge in [-0.15, -0.1) is 0 Å². The fraction of sp³-hybridized carbons (Fsp3) is 0.200. The van der Waals surface area contributed by atoms with Gasteiger partial charge in [0, 0.05) is 24.7 Å². The Bertz CT molecular complexity index is 841. The van der Waals surface area contributed by atoms with E-state index >= 15 is 0 Å². The molecule has 0 unspecified atom stereocenters. The molecule has 0 radical (unpaired) electrons. The van der Waals surface area contributed by atoms with Gasteiger partial charge >= 0.3 is 6.61 Å². The number of ether oxygens (including phenoxy) is 2. The minimum Gasteiger partial charge on any atom is -0.493 e. The normalized spacial score (nSPS) is 10.9. The SMILES string of the molecule is COc1cc(/C=C/C(=O)N(CCC(N)=O)c2ccccc2)ccc1OC(F)F. The lowest BCUT2D eigenvalue weighted by molar-refractivity contribution is -0.118. The Hall–Kier alpha value is -3.42. The number of benzene rings is 2. The molecule has 0 aliphatic heterocycles. The molecular formula is C20H20F2N2O4. The van der Waals surface area contributed by atoms with Crippen LogP contribution in [-0.2, 0) is 9.59 Å². The van der Waals surface area contributed by atoms with Gasteiger partial charge in [0.2, 0.25) is 5.91 Å². The molecule has 148 valence electrons. The monoisotopic (exact) mass is 390 g/mol. The molecule has 0 atom stereocenters. The summed E-state index contributed by atoms with van der Waals surface area (Å²) in [5.74, 6) is -0.867. The lowest BCUT2D eigenvalue weighted by Gasteiger charge is -2.20. The number of nitrogens with two attached hydrogens (primary N) is 1. The topological polar surface area (TPSA) is 81.9 Å². The van der Waals surface area contributed by atoms with Gasteiger partial charge in [0.1, 0.15) is 0 Å². The molecule has 0 aliphatic carbocycles. The van der Waals surface area contributed by atoms with Gasteiger partial charge in [-0.3, -0.25) is 9.59 Å². The first-order chi connectivity index (χ1) is 13.4. The standard InChI is InChI=1S/C20H20F2N2O4/c1-27-17-13-14(7-9-16(17)28-20(21)22)8-10-19(26)24(12-11-18(23)25)15-5-3-2-4-6-15/h2-10,13,20H,11-12H2,1H3,(H2,23,25)/b10-8+. The first kappa shape index (κ1) is 20.9. The average molecular weight is 390 g/mol. The summed E-state index contributed by atoms with van der Waals surface area (Å²) in [5.41, 5.74) is 6.36. The molecule has 6 nitrogen and oxygen atoms in total. The number of carbonyl (C=O) groups excluding carboxylic acids is 2. The maximum Gasteiger partial charge on any atom is 0.387 e. The van der Waals surface area contributed by atoms with Gasteiger partial charge in [0.25, 0.3) is 5.91 Å². The van der Waals surface area contributed by atoms with Gasteiger partial charge in [-0.25, -0.2) is 0 Å². The second-order valence-electron chi connectivity index (χ2n) is 5.66. The van der Waals surface area contributed by atoms with Gasteiger partial charge in [-0.2, -0.15) is 8.78 Å². The lowest BCUT2D eigenvalue weighted by Crippen LogP contribution is -2.32. The number of rotatable bonds is 9. The molecule has 0 heterocycles. The zero-order valence-electron chi connectivity index (χ0n) is 15.2. The van der Waals surface area contributed by atoms with Crippen molar-refractivity contribution in [2.24, 2.45) is 5.73 Å². The van der Waals surface area contributed by atoms with Crippen molar-refractivity contribution in [1.29, 1.82) is 0 Å². The summed E-state index contributed by atoms with van der Waals surface area (Å²) in [6, 6.07) is 13.2. The van der Waals surface area contributed by atoms with Gasteiger partial charge < -0.3 is 20.1 Å². The van der Waals surface area contributed by atoms with Crippen LogP contribution in [0.15, 0.2) is 54.6 Å². The summed E-state index contributed by atoms with van der Waals surface area (Å²) >= 11 is 0. The van der Waals surface area contributed by atoms with E-state index < -0.39 is 12.5 Å². The van der Waals surface area contributed by atoms with Gasteiger partial charge in [-0.05, 0) is 35.9 Å². The van der Waals surface area contributed by atoms with Crippen molar-refractivity contribution < 1.29 is 27.8 Å². The van der Waals surface area contributed by atoms with Crippen LogP contribution < -0.4 is 20.1 Å². The maximum atomic E-state index is 12.6. The minimum absolute atomic E-state index is 0.0158. The van der Waals surface area contributed by atoms with E-state index in [0.717, 1.165) is 0 Å². The largest absolute Gasteiger partial charge is 0.493 e. The fourth-order valence-electron chi connectivity index (χ4n) is 2.44. The number of alkyl halides is 2. The number of halogens is 2. The summed E-state index contributed by atoms with van der Waals surface area (Å²) in [6.45, 7) is -2.84. The zero-order chi connectivity index (χ0) is 20.5. The number of anilines is 1. The zero-order valence-corrected chi connectivity index (χ0v) is 15.2. The summed E-state index contributed by atoms with van der Waals surface area (Å²) in [7, 11) is 1.33. The molecule has 2 aromatic rings. The van der Waals surface area contributed by atoms with Crippen molar-refractivity contribution in [3.8, 4) is 11.5 Å². The molecule has 0 saturated heterocycles. The quantitative estimate of drug-likeness (QED) is 0.667.